The van der Waals surface area contributed by atoms with Gasteiger partial charge >= 0.3 is 5.97 Å². The van der Waals surface area contributed by atoms with E-state index in [-0.39, 0.29) is 21.8 Å². The number of aromatic carboxylic acids is 1. The molecule has 0 aliphatic rings. The van der Waals surface area contributed by atoms with Crippen LogP contribution in [0.1, 0.15) is 51.9 Å². The minimum Gasteiger partial charge on any atom is -0.478 e. The summed E-state index contributed by atoms with van der Waals surface area (Å²) in [6, 6.07) is 2.10. The summed E-state index contributed by atoms with van der Waals surface area (Å²) >= 11 is 0. The first-order valence-electron chi connectivity index (χ1n) is 7.30. The van der Waals surface area contributed by atoms with Crippen molar-refractivity contribution in [2.24, 2.45) is 0 Å². The first kappa shape index (κ1) is 17.8. The van der Waals surface area contributed by atoms with Crippen molar-refractivity contribution < 1.29 is 18.7 Å². The zero-order valence-electron chi connectivity index (χ0n) is 13.5. The fourth-order valence-corrected chi connectivity index (χ4v) is 10.7. The lowest BCUT2D eigenvalue weighted by Crippen LogP contribution is -2.58. The third-order valence-corrected chi connectivity index (χ3v) is 11.7. The van der Waals surface area contributed by atoms with Crippen molar-refractivity contribution in [3.8, 4) is 0 Å². The van der Waals surface area contributed by atoms with E-state index in [1.807, 2.05) is 41.5 Å². The van der Waals surface area contributed by atoms with Gasteiger partial charge in [0.05, 0.1) is 5.56 Å². The molecule has 0 aromatic heterocycles. The third-order valence-electron chi connectivity index (χ3n) is 4.62. The molecule has 5 heteroatoms. The van der Waals surface area contributed by atoms with Crippen LogP contribution >= 0.6 is 0 Å². The Hall–Kier alpha value is -1.23. The third kappa shape index (κ3) is 2.75. The predicted octanol–water partition coefficient (Wildman–Crippen LogP) is 4.55. The van der Waals surface area contributed by atoms with Crippen molar-refractivity contribution in [1.82, 2.24) is 0 Å². The molecule has 1 rings (SSSR count). The first-order chi connectivity index (χ1) is 9.58. The Labute approximate surface area is 126 Å². The van der Waals surface area contributed by atoms with Gasteiger partial charge in [-0.05, 0) is 28.8 Å². The summed E-state index contributed by atoms with van der Waals surface area (Å²) in [7, 11) is -2.58. The second-order valence-electron chi connectivity index (χ2n) is 6.49. The molecule has 0 aliphatic carbocycles. The molecule has 1 aromatic rings. The number of rotatable bonds is 5. The number of hydrogen-bond donors (Lipinski definition) is 1. The van der Waals surface area contributed by atoms with E-state index in [9.17, 15) is 13.6 Å². The van der Waals surface area contributed by atoms with Crippen molar-refractivity contribution in [3.05, 3.63) is 29.3 Å². The number of halogens is 2. The minimum absolute atomic E-state index is 0.0439. The molecule has 0 unspecified atom stereocenters. The van der Waals surface area contributed by atoms with Crippen molar-refractivity contribution in [2.45, 2.75) is 58.2 Å². The van der Waals surface area contributed by atoms with Gasteiger partial charge in [-0.2, -0.15) is 0 Å². The van der Waals surface area contributed by atoms with Crippen molar-refractivity contribution in [3.63, 3.8) is 0 Å². The highest BCUT2D eigenvalue weighted by molar-refractivity contribution is 6.95. The van der Waals surface area contributed by atoms with Crippen LogP contribution < -0.4 is 5.19 Å². The number of carboxylic acid groups (broad SMARTS) is 1. The molecule has 0 radical (unpaired) electrons. The topological polar surface area (TPSA) is 37.3 Å². The van der Waals surface area contributed by atoms with Crippen molar-refractivity contribution in [1.29, 1.82) is 0 Å². The number of carbonyl (C=O) groups is 1. The van der Waals surface area contributed by atoms with Crippen LogP contribution in [0.3, 0.4) is 0 Å². The average molecular weight is 314 g/mol. The Morgan fingerprint density at radius 2 is 1.43 bits per heavy atom. The van der Waals surface area contributed by atoms with E-state index >= 15 is 0 Å². The molecule has 118 valence electrons. The van der Waals surface area contributed by atoms with Gasteiger partial charge < -0.3 is 5.11 Å². The van der Waals surface area contributed by atoms with Crippen LogP contribution in [0, 0.1) is 11.6 Å². The standard InChI is InChI=1S/C16H24F2O2Si/c1-9(2)21(10(3)4,11(5)6)15-13(17)8-7-12(14(15)18)16(19)20/h7-11H,1-6H3,(H,19,20). The summed E-state index contributed by atoms with van der Waals surface area (Å²) in [5.41, 5.74) is -0.133. The highest BCUT2D eigenvalue weighted by Gasteiger charge is 2.48. The summed E-state index contributed by atoms with van der Waals surface area (Å²) in [4.78, 5) is 11.2. The molecule has 0 fully saturated rings. The van der Waals surface area contributed by atoms with Crippen LogP contribution in [-0.4, -0.2) is 19.1 Å². The van der Waals surface area contributed by atoms with E-state index in [0.717, 1.165) is 12.1 Å². The van der Waals surface area contributed by atoms with Gasteiger partial charge in [0.25, 0.3) is 0 Å². The molecule has 0 bridgehead atoms. The lowest BCUT2D eigenvalue weighted by molar-refractivity contribution is 0.0692. The smallest absolute Gasteiger partial charge is 0.338 e. The summed E-state index contributed by atoms with van der Waals surface area (Å²) in [5.74, 6) is -2.85. The Kier molecular flexibility index (Phi) is 5.31. The maximum Gasteiger partial charge on any atom is 0.338 e. The van der Waals surface area contributed by atoms with Crippen molar-refractivity contribution >= 4 is 19.2 Å². The van der Waals surface area contributed by atoms with E-state index in [4.69, 9.17) is 5.11 Å². The largest absolute Gasteiger partial charge is 0.478 e. The summed E-state index contributed by atoms with van der Waals surface area (Å²) < 4.78 is 29.2. The molecule has 0 atom stereocenters. The molecule has 0 aliphatic heterocycles. The van der Waals surface area contributed by atoms with E-state index in [1.165, 1.54) is 0 Å². The van der Waals surface area contributed by atoms with Crippen LogP contribution in [-0.2, 0) is 0 Å². The molecule has 0 spiro atoms. The molecule has 0 saturated carbocycles. The summed E-state index contributed by atoms with van der Waals surface area (Å²) in [6.45, 7) is 11.9. The fourth-order valence-electron chi connectivity index (χ4n) is 3.98. The minimum atomic E-state index is -2.58. The molecular formula is C16H24F2O2Si. The zero-order valence-corrected chi connectivity index (χ0v) is 14.5. The van der Waals surface area contributed by atoms with Gasteiger partial charge in [0.2, 0.25) is 0 Å². The Morgan fingerprint density at radius 1 is 1.00 bits per heavy atom. The van der Waals surface area contributed by atoms with Crippen LogP contribution in [0.4, 0.5) is 8.78 Å². The second-order valence-corrected chi connectivity index (χ2v) is 12.3. The molecule has 1 aromatic carbocycles. The Balaban J connectivity index is 3.82. The van der Waals surface area contributed by atoms with Gasteiger partial charge in [-0.25, -0.2) is 13.6 Å². The zero-order chi connectivity index (χ0) is 16.5. The molecule has 0 heterocycles. The highest BCUT2D eigenvalue weighted by atomic mass is 28.3. The molecule has 0 saturated heterocycles. The first-order valence-corrected chi connectivity index (χ1v) is 9.53. The van der Waals surface area contributed by atoms with E-state index in [0.29, 0.717) is 0 Å². The fraction of sp³-hybridized carbons (Fsp3) is 0.562. The summed E-state index contributed by atoms with van der Waals surface area (Å²) in [6.07, 6.45) is 0. The monoisotopic (exact) mass is 314 g/mol. The van der Waals surface area contributed by atoms with Crippen LogP contribution in [0.25, 0.3) is 0 Å². The lowest BCUT2D eigenvalue weighted by Gasteiger charge is -2.43. The predicted molar refractivity (Wildman–Crippen MR) is 84.0 cm³/mol. The van der Waals surface area contributed by atoms with Crippen LogP contribution in [0.2, 0.25) is 16.6 Å². The van der Waals surface area contributed by atoms with E-state index in [1.54, 1.807) is 0 Å². The molecule has 21 heavy (non-hydrogen) atoms. The average Bonchev–Trinajstić information content (AvgIpc) is 2.31. The number of carboxylic acids is 1. The normalized spacial score (nSPS) is 12.5. The Bertz CT molecular complexity index is 518. The van der Waals surface area contributed by atoms with E-state index in [2.05, 4.69) is 0 Å². The van der Waals surface area contributed by atoms with Crippen LogP contribution in [0.15, 0.2) is 12.1 Å². The maximum atomic E-state index is 14.8. The van der Waals surface area contributed by atoms with E-state index < -0.39 is 31.2 Å². The van der Waals surface area contributed by atoms with Gasteiger partial charge in [-0.1, -0.05) is 41.5 Å². The maximum absolute atomic E-state index is 14.8. The van der Waals surface area contributed by atoms with Gasteiger partial charge in [-0.3, -0.25) is 0 Å². The van der Waals surface area contributed by atoms with Gasteiger partial charge in [-0.15, -0.1) is 0 Å². The number of benzene rings is 1. The SMILES string of the molecule is CC(C)[Si](c1c(F)ccc(C(=O)O)c1F)(C(C)C)C(C)C. The quantitative estimate of drug-likeness (QED) is 0.810. The lowest BCUT2D eigenvalue weighted by atomic mass is 10.2. The number of hydrogen-bond acceptors (Lipinski definition) is 1. The summed E-state index contributed by atoms with van der Waals surface area (Å²) in [5, 5.41) is 9.16. The van der Waals surface area contributed by atoms with Gasteiger partial charge in [0, 0.05) is 5.19 Å². The van der Waals surface area contributed by atoms with Gasteiger partial charge in [0.1, 0.15) is 19.7 Å². The molecule has 1 N–H and O–H groups in total. The van der Waals surface area contributed by atoms with Crippen LogP contribution in [0.5, 0.6) is 0 Å². The van der Waals surface area contributed by atoms with Crippen molar-refractivity contribution in [2.75, 3.05) is 0 Å². The molecular weight excluding hydrogens is 290 g/mol. The van der Waals surface area contributed by atoms with Gasteiger partial charge in [0.15, 0.2) is 0 Å². The molecule has 2 nitrogen and oxygen atoms in total. The second kappa shape index (κ2) is 6.26. The Morgan fingerprint density at radius 3 is 1.76 bits per heavy atom. The molecule has 0 amide bonds. The highest BCUT2D eigenvalue weighted by Crippen LogP contribution is 2.42.